The first-order valence-corrected chi connectivity index (χ1v) is 7.85. The molecule has 23 heavy (non-hydrogen) atoms. The van der Waals surface area contributed by atoms with Gasteiger partial charge in [0.05, 0.1) is 0 Å². The van der Waals surface area contributed by atoms with E-state index in [0.717, 1.165) is 15.6 Å². The number of carbonyl (C=O) groups is 1. The average molecular weight is 372 g/mol. The van der Waals surface area contributed by atoms with Crippen molar-refractivity contribution in [3.63, 3.8) is 0 Å². The monoisotopic (exact) mass is 371 g/mol. The van der Waals surface area contributed by atoms with Crippen LogP contribution in [0.4, 0.5) is 5.69 Å². The number of hydrogen-bond acceptors (Lipinski definition) is 3. The van der Waals surface area contributed by atoms with Crippen molar-refractivity contribution in [1.29, 1.82) is 0 Å². The van der Waals surface area contributed by atoms with Crippen molar-refractivity contribution in [2.45, 2.75) is 13.8 Å². The van der Waals surface area contributed by atoms with E-state index in [1.54, 1.807) is 30.3 Å². The number of carbonyl (C=O) groups excluding carboxylic acids is 1. The summed E-state index contributed by atoms with van der Waals surface area (Å²) in [4.78, 5) is 24.4. The van der Waals surface area contributed by atoms with Gasteiger partial charge in [0.25, 0.3) is 5.91 Å². The molecule has 0 radical (unpaired) electrons. The molecule has 4 nitrogen and oxygen atoms in total. The lowest BCUT2D eigenvalue weighted by molar-refractivity contribution is 0.102. The van der Waals surface area contributed by atoms with Gasteiger partial charge >= 0.3 is 5.63 Å². The molecule has 0 bridgehead atoms. The van der Waals surface area contributed by atoms with Crippen LogP contribution < -0.4 is 10.9 Å². The molecule has 0 fully saturated rings. The number of amides is 1. The summed E-state index contributed by atoms with van der Waals surface area (Å²) in [5, 5.41) is 3.42. The molecule has 0 spiro atoms. The lowest BCUT2D eigenvalue weighted by atomic mass is 10.1. The Labute approximate surface area is 141 Å². The molecule has 0 aliphatic rings. The Kier molecular flexibility index (Phi) is 4.05. The topological polar surface area (TPSA) is 59.3 Å². The minimum absolute atomic E-state index is 0.0196. The maximum atomic E-state index is 12.4. The van der Waals surface area contributed by atoms with Crippen molar-refractivity contribution >= 4 is 38.5 Å². The van der Waals surface area contributed by atoms with Gasteiger partial charge in [-0.05, 0) is 61.4 Å². The lowest BCUT2D eigenvalue weighted by Gasteiger charge is -2.07. The summed E-state index contributed by atoms with van der Waals surface area (Å²) in [5.41, 5.74) is 2.62. The van der Waals surface area contributed by atoms with Gasteiger partial charge in [0.2, 0.25) is 0 Å². The molecule has 0 unspecified atom stereocenters. The zero-order valence-electron chi connectivity index (χ0n) is 12.6. The molecular weight excluding hydrogens is 358 g/mol. The van der Waals surface area contributed by atoms with Crippen LogP contribution in [0.2, 0.25) is 0 Å². The van der Waals surface area contributed by atoms with Gasteiger partial charge in [0.15, 0.2) is 0 Å². The van der Waals surface area contributed by atoms with Gasteiger partial charge in [-0.1, -0.05) is 22.0 Å². The van der Waals surface area contributed by atoms with Crippen LogP contribution in [0.3, 0.4) is 0 Å². The number of fused-ring (bicyclic) bond motifs is 1. The lowest BCUT2D eigenvalue weighted by Crippen LogP contribution is -2.20. The van der Waals surface area contributed by atoms with Crippen LogP contribution in [-0.4, -0.2) is 5.91 Å². The van der Waals surface area contributed by atoms with Gasteiger partial charge < -0.3 is 9.73 Å². The van der Waals surface area contributed by atoms with Crippen molar-refractivity contribution in [3.05, 3.63) is 74.0 Å². The van der Waals surface area contributed by atoms with E-state index in [2.05, 4.69) is 21.2 Å². The van der Waals surface area contributed by atoms with Crippen LogP contribution in [-0.2, 0) is 0 Å². The Bertz CT molecular complexity index is 976. The van der Waals surface area contributed by atoms with Crippen molar-refractivity contribution in [2.75, 3.05) is 5.32 Å². The predicted molar refractivity (Wildman–Crippen MR) is 94.1 cm³/mol. The molecular formula is C18H14BrNO3. The first kappa shape index (κ1) is 15.5. The van der Waals surface area contributed by atoms with Gasteiger partial charge in [-0.2, -0.15) is 0 Å². The van der Waals surface area contributed by atoms with E-state index in [4.69, 9.17) is 4.42 Å². The number of benzene rings is 2. The average Bonchev–Trinajstić information content (AvgIpc) is 2.50. The van der Waals surface area contributed by atoms with Crippen LogP contribution in [0.25, 0.3) is 11.0 Å². The standard InChI is InChI=1S/C18H14BrNO3/c1-10-3-5-14(7-11(10)2)20-17(21)15-9-12-8-13(19)4-6-16(12)23-18(15)22/h3-9H,1-2H3,(H,20,21). The second-order valence-corrected chi connectivity index (χ2v) is 6.30. The highest BCUT2D eigenvalue weighted by atomic mass is 79.9. The van der Waals surface area contributed by atoms with Crippen LogP contribution in [0.15, 0.2) is 56.1 Å². The Balaban J connectivity index is 1.98. The highest BCUT2D eigenvalue weighted by molar-refractivity contribution is 9.10. The van der Waals surface area contributed by atoms with Crippen LogP contribution in [0, 0.1) is 13.8 Å². The maximum Gasteiger partial charge on any atom is 0.349 e. The molecule has 0 saturated heterocycles. The highest BCUT2D eigenvalue weighted by Gasteiger charge is 2.14. The molecule has 3 aromatic rings. The Morgan fingerprint density at radius 1 is 1.04 bits per heavy atom. The second-order valence-electron chi connectivity index (χ2n) is 5.38. The molecule has 2 aromatic carbocycles. The Hall–Kier alpha value is -2.40. The second kappa shape index (κ2) is 6.01. The molecule has 1 aromatic heterocycles. The largest absolute Gasteiger partial charge is 0.422 e. The third-order valence-electron chi connectivity index (χ3n) is 3.70. The number of aryl methyl sites for hydroxylation is 2. The van der Waals surface area contributed by atoms with Crippen molar-refractivity contribution < 1.29 is 9.21 Å². The summed E-state index contributed by atoms with van der Waals surface area (Å²) < 4.78 is 6.06. The maximum absolute atomic E-state index is 12.4. The molecule has 0 aliphatic carbocycles. The summed E-state index contributed by atoms with van der Waals surface area (Å²) in [7, 11) is 0. The third-order valence-corrected chi connectivity index (χ3v) is 4.20. The van der Waals surface area contributed by atoms with Crippen LogP contribution >= 0.6 is 15.9 Å². The fourth-order valence-corrected chi connectivity index (χ4v) is 2.65. The molecule has 1 amide bonds. The predicted octanol–water partition coefficient (Wildman–Crippen LogP) is 4.42. The molecule has 1 heterocycles. The van der Waals surface area contributed by atoms with E-state index >= 15 is 0 Å². The fraction of sp³-hybridized carbons (Fsp3) is 0.111. The summed E-state index contributed by atoms with van der Waals surface area (Å²) in [6, 6.07) is 12.4. The number of anilines is 1. The Morgan fingerprint density at radius 2 is 1.83 bits per heavy atom. The first-order chi connectivity index (χ1) is 10.9. The Morgan fingerprint density at radius 3 is 2.57 bits per heavy atom. The molecule has 3 rings (SSSR count). The third kappa shape index (κ3) is 3.19. The van der Waals surface area contributed by atoms with Gasteiger partial charge in [0.1, 0.15) is 11.1 Å². The summed E-state index contributed by atoms with van der Waals surface area (Å²) in [6.45, 7) is 3.96. The van der Waals surface area contributed by atoms with Crippen molar-refractivity contribution in [2.24, 2.45) is 0 Å². The van der Waals surface area contributed by atoms with Gasteiger partial charge in [-0.15, -0.1) is 0 Å². The molecule has 5 heteroatoms. The zero-order chi connectivity index (χ0) is 16.6. The molecule has 0 saturated carbocycles. The van der Waals surface area contributed by atoms with Crippen LogP contribution in [0.1, 0.15) is 21.5 Å². The van der Waals surface area contributed by atoms with Crippen molar-refractivity contribution in [3.8, 4) is 0 Å². The normalized spacial score (nSPS) is 10.7. The first-order valence-electron chi connectivity index (χ1n) is 7.06. The summed E-state index contributed by atoms with van der Waals surface area (Å²) in [5.74, 6) is -0.483. The van der Waals surface area contributed by atoms with E-state index in [-0.39, 0.29) is 5.56 Å². The van der Waals surface area contributed by atoms with E-state index in [0.29, 0.717) is 16.7 Å². The SMILES string of the molecule is Cc1ccc(NC(=O)c2cc3cc(Br)ccc3oc2=O)cc1C. The molecule has 0 atom stereocenters. The van der Waals surface area contributed by atoms with E-state index < -0.39 is 11.5 Å². The molecule has 0 aliphatic heterocycles. The fourth-order valence-electron chi connectivity index (χ4n) is 2.27. The summed E-state index contributed by atoms with van der Waals surface area (Å²) in [6.07, 6.45) is 0. The van der Waals surface area contributed by atoms with E-state index in [1.807, 2.05) is 26.0 Å². The number of rotatable bonds is 2. The van der Waals surface area contributed by atoms with Crippen LogP contribution in [0.5, 0.6) is 0 Å². The van der Waals surface area contributed by atoms with Gasteiger partial charge in [-0.25, -0.2) is 4.79 Å². The smallest absolute Gasteiger partial charge is 0.349 e. The number of hydrogen-bond donors (Lipinski definition) is 1. The zero-order valence-corrected chi connectivity index (χ0v) is 14.2. The molecule has 1 N–H and O–H groups in total. The quantitative estimate of drug-likeness (QED) is 0.678. The van der Waals surface area contributed by atoms with Gasteiger partial charge in [0, 0.05) is 15.5 Å². The number of nitrogens with one attached hydrogen (secondary N) is 1. The summed E-state index contributed by atoms with van der Waals surface area (Å²) >= 11 is 3.36. The van der Waals surface area contributed by atoms with E-state index in [1.165, 1.54) is 0 Å². The minimum atomic E-state index is -0.652. The van der Waals surface area contributed by atoms with E-state index in [9.17, 15) is 9.59 Å². The number of halogens is 1. The highest BCUT2D eigenvalue weighted by Crippen LogP contribution is 2.20. The molecule has 116 valence electrons. The minimum Gasteiger partial charge on any atom is -0.422 e. The van der Waals surface area contributed by atoms with Crippen molar-refractivity contribution in [1.82, 2.24) is 0 Å². The van der Waals surface area contributed by atoms with Gasteiger partial charge in [-0.3, -0.25) is 4.79 Å².